The zero-order valence-corrected chi connectivity index (χ0v) is 12.0. The molecule has 0 saturated carbocycles. The van der Waals surface area contributed by atoms with Crippen molar-refractivity contribution in [2.45, 2.75) is 6.42 Å². The highest BCUT2D eigenvalue weighted by molar-refractivity contribution is 6.06. The first kappa shape index (κ1) is 17.8. The van der Waals surface area contributed by atoms with Gasteiger partial charge in [0.1, 0.15) is 0 Å². The Bertz CT molecular complexity index is 673. The minimum atomic E-state index is -1.32. The monoisotopic (exact) mass is 318 g/mol. The maximum absolute atomic E-state index is 11.8. The molecule has 2 N–H and O–H groups in total. The third-order valence-corrected chi connectivity index (χ3v) is 2.82. The predicted molar refractivity (Wildman–Crippen MR) is 78.9 cm³/mol. The minimum absolute atomic E-state index is 0.00777. The van der Waals surface area contributed by atoms with Crippen LogP contribution >= 0.6 is 0 Å². The molecule has 0 spiro atoms. The first-order chi connectivity index (χ1) is 10.9. The molecule has 1 rings (SSSR count). The third-order valence-electron chi connectivity index (χ3n) is 2.82. The Morgan fingerprint density at radius 3 is 2.26 bits per heavy atom. The van der Waals surface area contributed by atoms with Crippen LogP contribution in [0, 0.1) is 5.92 Å². The standard InChI is InChI=1S/C16H14O7/c1-2-10(14(18)19)6-5-9-13(17)23-16(22)12-8-4-3-7-11(12)15(20)21/h2-5,7-10H,1,6H2,(H,18,19)(H,20,21)/b9-5+. The van der Waals surface area contributed by atoms with Gasteiger partial charge in [-0.3, -0.25) is 4.79 Å². The predicted octanol–water partition coefficient (Wildman–Crippen LogP) is 1.90. The number of ether oxygens (including phenoxy) is 1. The molecule has 0 aromatic heterocycles. The summed E-state index contributed by atoms with van der Waals surface area (Å²) in [5.74, 6) is -5.40. The molecule has 1 unspecified atom stereocenters. The van der Waals surface area contributed by atoms with Gasteiger partial charge in [0.2, 0.25) is 0 Å². The fourth-order valence-corrected chi connectivity index (χ4v) is 1.64. The maximum Gasteiger partial charge on any atom is 0.346 e. The van der Waals surface area contributed by atoms with Gasteiger partial charge in [-0.15, -0.1) is 6.58 Å². The molecule has 0 fully saturated rings. The Morgan fingerprint density at radius 1 is 1.13 bits per heavy atom. The van der Waals surface area contributed by atoms with Crippen molar-refractivity contribution < 1.29 is 34.1 Å². The summed E-state index contributed by atoms with van der Waals surface area (Å²) >= 11 is 0. The van der Waals surface area contributed by atoms with Crippen molar-refractivity contribution >= 4 is 23.9 Å². The lowest BCUT2D eigenvalue weighted by Crippen LogP contribution is -2.15. The van der Waals surface area contributed by atoms with Gasteiger partial charge >= 0.3 is 23.9 Å². The maximum atomic E-state index is 11.8. The molecule has 1 aromatic rings. The normalized spacial score (nSPS) is 11.7. The number of carboxylic acids is 2. The zero-order valence-electron chi connectivity index (χ0n) is 12.0. The molecule has 0 radical (unpaired) electrons. The van der Waals surface area contributed by atoms with Crippen LogP contribution in [0.1, 0.15) is 27.1 Å². The summed E-state index contributed by atoms with van der Waals surface area (Å²) in [4.78, 5) is 45.0. The number of carbonyl (C=O) groups excluding carboxylic acids is 2. The van der Waals surface area contributed by atoms with Crippen LogP contribution in [-0.4, -0.2) is 34.1 Å². The van der Waals surface area contributed by atoms with Crippen molar-refractivity contribution in [3.63, 3.8) is 0 Å². The highest BCUT2D eigenvalue weighted by atomic mass is 16.6. The first-order valence-electron chi connectivity index (χ1n) is 6.47. The van der Waals surface area contributed by atoms with E-state index < -0.39 is 29.8 Å². The fraction of sp³-hybridized carbons (Fsp3) is 0.125. The van der Waals surface area contributed by atoms with E-state index in [1.54, 1.807) is 0 Å². The van der Waals surface area contributed by atoms with Gasteiger partial charge in [-0.1, -0.05) is 24.3 Å². The van der Waals surface area contributed by atoms with Crippen LogP contribution in [0.15, 0.2) is 49.1 Å². The van der Waals surface area contributed by atoms with Gasteiger partial charge in [-0.2, -0.15) is 0 Å². The Balaban J connectivity index is 2.71. The molecule has 0 aliphatic carbocycles. The van der Waals surface area contributed by atoms with Gasteiger partial charge in [0.05, 0.1) is 17.0 Å². The quantitative estimate of drug-likeness (QED) is 0.341. The van der Waals surface area contributed by atoms with Crippen LogP contribution in [0.25, 0.3) is 0 Å². The van der Waals surface area contributed by atoms with Gasteiger partial charge in [0, 0.05) is 6.08 Å². The lowest BCUT2D eigenvalue weighted by Gasteiger charge is -2.04. The molecule has 7 nitrogen and oxygen atoms in total. The summed E-state index contributed by atoms with van der Waals surface area (Å²) in [6, 6.07) is 5.30. The average Bonchev–Trinajstić information content (AvgIpc) is 2.51. The van der Waals surface area contributed by atoms with Gasteiger partial charge in [0.25, 0.3) is 0 Å². The Hall–Kier alpha value is -3.22. The minimum Gasteiger partial charge on any atom is -0.481 e. The molecule has 1 atom stereocenters. The molecule has 23 heavy (non-hydrogen) atoms. The Morgan fingerprint density at radius 2 is 1.74 bits per heavy atom. The lowest BCUT2D eigenvalue weighted by atomic mass is 10.1. The van der Waals surface area contributed by atoms with E-state index in [4.69, 9.17) is 10.2 Å². The van der Waals surface area contributed by atoms with Crippen molar-refractivity contribution in [3.8, 4) is 0 Å². The number of carbonyl (C=O) groups is 4. The SMILES string of the molecule is C=CC(C/C=C/C(=O)OC(=O)c1ccccc1C(=O)O)C(=O)O. The van der Waals surface area contributed by atoms with E-state index in [1.807, 2.05) is 0 Å². The summed E-state index contributed by atoms with van der Waals surface area (Å²) in [5.41, 5.74) is -0.539. The van der Waals surface area contributed by atoms with Gasteiger partial charge in [-0.25, -0.2) is 14.4 Å². The van der Waals surface area contributed by atoms with E-state index in [0.717, 1.165) is 6.08 Å². The fourth-order valence-electron chi connectivity index (χ4n) is 1.64. The molecule has 0 saturated heterocycles. The molecule has 7 heteroatoms. The second-order valence-corrected chi connectivity index (χ2v) is 4.38. The molecule has 0 amide bonds. The number of aromatic carboxylic acids is 1. The largest absolute Gasteiger partial charge is 0.481 e. The van der Waals surface area contributed by atoms with Crippen LogP contribution in [0.2, 0.25) is 0 Å². The van der Waals surface area contributed by atoms with E-state index >= 15 is 0 Å². The highest BCUT2D eigenvalue weighted by Gasteiger charge is 2.19. The molecule has 120 valence electrons. The van der Waals surface area contributed by atoms with Crippen LogP contribution in [0.4, 0.5) is 0 Å². The summed E-state index contributed by atoms with van der Waals surface area (Å²) in [7, 11) is 0. The Kier molecular flexibility index (Phi) is 6.42. The second kappa shape index (κ2) is 8.28. The van der Waals surface area contributed by atoms with Gasteiger partial charge in [-0.05, 0) is 18.6 Å². The van der Waals surface area contributed by atoms with Crippen molar-refractivity contribution in [2.75, 3.05) is 0 Å². The number of aliphatic carboxylic acids is 1. The number of carboxylic acid groups (broad SMARTS) is 2. The second-order valence-electron chi connectivity index (χ2n) is 4.38. The summed E-state index contributed by atoms with van der Waals surface area (Å²) in [6.07, 6.45) is 3.36. The number of allylic oxidation sites excluding steroid dienone is 1. The summed E-state index contributed by atoms with van der Waals surface area (Å²) in [5, 5.41) is 17.7. The van der Waals surface area contributed by atoms with Crippen LogP contribution in [0.3, 0.4) is 0 Å². The molecular formula is C16H14O7. The van der Waals surface area contributed by atoms with E-state index in [9.17, 15) is 19.2 Å². The van der Waals surface area contributed by atoms with E-state index in [1.165, 1.54) is 36.4 Å². The molecule has 0 heterocycles. The molecule has 0 aliphatic heterocycles. The molecular weight excluding hydrogens is 304 g/mol. The lowest BCUT2D eigenvalue weighted by molar-refractivity contribution is -0.140. The summed E-state index contributed by atoms with van der Waals surface area (Å²) < 4.78 is 4.50. The van der Waals surface area contributed by atoms with Crippen molar-refractivity contribution in [1.29, 1.82) is 0 Å². The number of hydrogen-bond donors (Lipinski definition) is 2. The van der Waals surface area contributed by atoms with Crippen molar-refractivity contribution in [3.05, 3.63) is 60.2 Å². The number of esters is 2. The number of rotatable bonds is 7. The topological polar surface area (TPSA) is 118 Å². The Labute approximate surface area is 131 Å². The van der Waals surface area contributed by atoms with E-state index in [0.29, 0.717) is 0 Å². The smallest absolute Gasteiger partial charge is 0.346 e. The molecule has 0 bridgehead atoms. The number of benzene rings is 1. The zero-order chi connectivity index (χ0) is 17.4. The van der Waals surface area contributed by atoms with Crippen LogP contribution in [0.5, 0.6) is 0 Å². The van der Waals surface area contributed by atoms with E-state index in [-0.39, 0.29) is 17.5 Å². The molecule has 1 aromatic carbocycles. The van der Waals surface area contributed by atoms with Crippen molar-refractivity contribution in [2.24, 2.45) is 5.92 Å². The summed E-state index contributed by atoms with van der Waals surface area (Å²) in [6.45, 7) is 3.35. The number of hydrogen-bond acceptors (Lipinski definition) is 5. The van der Waals surface area contributed by atoms with Crippen LogP contribution < -0.4 is 0 Å². The van der Waals surface area contributed by atoms with Gasteiger partial charge < -0.3 is 14.9 Å². The first-order valence-corrected chi connectivity index (χ1v) is 6.47. The highest BCUT2D eigenvalue weighted by Crippen LogP contribution is 2.11. The average molecular weight is 318 g/mol. The van der Waals surface area contributed by atoms with Crippen LogP contribution in [-0.2, 0) is 14.3 Å². The third kappa shape index (κ3) is 5.24. The van der Waals surface area contributed by atoms with E-state index in [2.05, 4.69) is 11.3 Å². The van der Waals surface area contributed by atoms with Crippen molar-refractivity contribution in [1.82, 2.24) is 0 Å². The molecule has 0 aliphatic rings. The van der Waals surface area contributed by atoms with Gasteiger partial charge in [0.15, 0.2) is 0 Å².